The SMILES string of the molecule is CCCC(NC(=O)CCOc1ccc(C(N)=O)cc1)C(=O)O. The zero-order valence-corrected chi connectivity index (χ0v) is 12.4. The zero-order chi connectivity index (χ0) is 16.5. The predicted molar refractivity (Wildman–Crippen MR) is 79.5 cm³/mol. The van der Waals surface area contributed by atoms with Crippen molar-refractivity contribution in [3.05, 3.63) is 29.8 Å². The third-order valence-corrected chi connectivity index (χ3v) is 2.95. The molecule has 0 saturated heterocycles. The van der Waals surface area contributed by atoms with Crippen molar-refractivity contribution < 1.29 is 24.2 Å². The highest BCUT2D eigenvalue weighted by Crippen LogP contribution is 2.12. The van der Waals surface area contributed by atoms with Crippen LogP contribution in [0.25, 0.3) is 0 Å². The molecule has 7 heteroatoms. The Labute approximate surface area is 128 Å². The molecule has 120 valence electrons. The highest BCUT2D eigenvalue weighted by molar-refractivity contribution is 5.92. The Morgan fingerprint density at radius 1 is 1.27 bits per heavy atom. The van der Waals surface area contributed by atoms with Gasteiger partial charge < -0.3 is 20.9 Å². The van der Waals surface area contributed by atoms with Crippen LogP contribution in [0.1, 0.15) is 36.5 Å². The molecule has 1 rings (SSSR count). The normalized spacial score (nSPS) is 11.5. The maximum Gasteiger partial charge on any atom is 0.326 e. The van der Waals surface area contributed by atoms with Crippen molar-refractivity contribution in [1.29, 1.82) is 0 Å². The summed E-state index contributed by atoms with van der Waals surface area (Å²) in [7, 11) is 0. The number of aliphatic carboxylic acids is 1. The van der Waals surface area contributed by atoms with Crippen LogP contribution in [0.15, 0.2) is 24.3 Å². The second-order valence-electron chi connectivity index (χ2n) is 4.73. The molecule has 0 aliphatic heterocycles. The number of benzene rings is 1. The molecule has 0 radical (unpaired) electrons. The van der Waals surface area contributed by atoms with Crippen LogP contribution in [0.2, 0.25) is 0 Å². The molecule has 0 saturated carbocycles. The number of nitrogens with two attached hydrogens (primary N) is 1. The average Bonchev–Trinajstić information content (AvgIpc) is 2.47. The molecule has 0 bridgehead atoms. The van der Waals surface area contributed by atoms with Gasteiger partial charge in [0, 0.05) is 5.56 Å². The Balaban J connectivity index is 2.38. The lowest BCUT2D eigenvalue weighted by molar-refractivity contribution is -0.142. The minimum absolute atomic E-state index is 0.0467. The van der Waals surface area contributed by atoms with Crippen LogP contribution in [-0.2, 0) is 9.59 Å². The molecular formula is C15H20N2O5. The van der Waals surface area contributed by atoms with Gasteiger partial charge in [0.25, 0.3) is 0 Å². The van der Waals surface area contributed by atoms with Crippen molar-refractivity contribution in [2.75, 3.05) is 6.61 Å². The van der Waals surface area contributed by atoms with E-state index < -0.39 is 17.9 Å². The van der Waals surface area contributed by atoms with E-state index in [1.54, 1.807) is 12.1 Å². The number of carbonyl (C=O) groups is 3. The van der Waals surface area contributed by atoms with Gasteiger partial charge in [-0.1, -0.05) is 13.3 Å². The number of carboxylic acids is 1. The number of primary amides is 1. The van der Waals surface area contributed by atoms with Gasteiger partial charge in [0.15, 0.2) is 0 Å². The van der Waals surface area contributed by atoms with Crippen molar-refractivity contribution in [2.45, 2.75) is 32.2 Å². The Bertz CT molecular complexity index is 527. The van der Waals surface area contributed by atoms with Gasteiger partial charge in [0.05, 0.1) is 13.0 Å². The zero-order valence-electron chi connectivity index (χ0n) is 12.4. The van der Waals surface area contributed by atoms with Crippen molar-refractivity contribution >= 4 is 17.8 Å². The van der Waals surface area contributed by atoms with E-state index in [4.69, 9.17) is 15.6 Å². The monoisotopic (exact) mass is 308 g/mol. The molecule has 0 aliphatic carbocycles. The van der Waals surface area contributed by atoms with Crippen LogP contribution in [0.5, 0.6) is 5.75 Å². The summed E-state index contributed by atoms with van der Waals surface area (Å²) < 4.78 is 5.35. The summed E-state index contributed by atoms with van der Waals surface area (Å²) in [6.07, 6.45) is 1.10. The van der Waals surface area contributed by atoms with E-state index in [2.05, 4.69) is 5.32 Å². The van der Waals surface area contributed by atoms with Crippen LogP contribution >= 0.6 is 0 Å². The van der Waals surface area contributed by atoms with Crippen molar-refractivity contribution in [3.8, 4) is 5.75 Å². The van der Waals surface area contributed by atoms with E-state index in [1.165, 1.54) is 12.1 Å². The van der Waals surface area contributed by atoms with Gasteiger partial charge in [-0.25, -0.2) is 4.79 Å². The molecule has 7 nitrogen and oxygen atoms in total. The number of nitrogens with one attached hydrogen (secondary N) is 1. The minimum Gasteiger partial charge on any atom is -0.493 e. The van der Waals surface area contributed by atoms with E-state index in [0.29, 0.717) is 24.2 Å². The number of carbonyl (C=O) groups excluding carboxylic acids is 2. The van der Waals surface area contributed by atoms with Gasteiger partial charge in [-0.15, -0.1) is 0 Å². The molecule has 1 atom stereocenters. The summed E-state index contributed by atoms with van der Waals surface area (Å²) in [6.45, 7) is 1.96. The van der Waals surface area contributed by atoms with Crippen molar-refractivity contribution in [1.82, 2.24) is 5.32 Å². The van der Waals surface area contributed by atoms with Gasteiger partial charge in [-0.3, -0.25) is 9.59 Å². The number of carboxylic acid groups (broad SMARTS) is 1. The molecule has 1 unspecified atom stereocenters. The maximum absolute atomic E-state index is 11.7. The summed E-state index contributed by atoms with van der Waals surface area (Å²) in [4.78, 5) is 33.5. The summed E-state index contributed by atoms with van der Waals surface area (Å²) in [5, 5.41) is 11.4. The Hall–Kier alpha value is -2.57. The molecule has 0 heterocycles. The van der Waals surface area contributed by atoms with E-state index in [-0.39, 0.29) is 18.9 Å². The maximum atomic E-state index is 11.7. The molecule has 22 heavy (non-hydrogen) atoms. The lowest BCUT2D eigenvalue weighted by atomic mass is 10.1. The first-order valence-electron chi connectivity index (χ1n) is 6.99. The Morgan fingerprint density at radius 2 is 1.91 bits per heavy atom. The van der Waals surface area contributed by atoms with Gasteiger partial charge in [0.1, 0.15) is 11.8 Å². The molecule has 2 amide bonds. The van der Waals surface area contributed by atoms with E-state index in [0.717, 1.165) is 0 Å². The quantitative estimate of drug-likeness (QED) is 0.627. The van der Waals surface area contributed by atoms with Crippen LogP contribution in [0.4, 0.5) is 0 Å². The number of hydrogen-bond donors (Lipinski definition) is 3. The Morgan fingerprint density at radius 3 is 2.41 bits per heavy atom. The summed E-state index contributed by atoms with van der Waals surface area (Å²) in [6, 6.07) is 5.34. The summed E-state index contributed by atoms with van der Waals surface area (Å²) in [5.74, 6) is -1.45. The van der Waals surface area contributed by atoms with Crippen molar-refractivity contribution in [3.63, 3.8) is 0 Å². The van der Waals surface area contributed by atoms with Crippen LogP contribution < -0.4 is 15.8 Å². The van der Waals surface area contributed by atoms with Crippen LogP contribution in [0.3, 0.4) is 0 Å². The number of amides is 2. The first-order chi connectivity index (χ1) is 10.4. The van der Waals surface area contributed by atoms with E-state index >= 15 is 0 Å². The number of hydrogen-bond acceptors (Lipinski definition) is 4. The topological polar surface area (TPSA) is 119 Å². The first kappa shape index (κ1) is 17.5. The van der Waals surface area contributed by atoms with Crippen molar-refractivity contribution in [2.24, 2.45) is 5.73 Å². The number of ether oxygens (including phenoxy) is 1. The molecule has 1 aromatic carbocycles. The molecule has 0 aromatic heterocycles. The third kappa shape index (κ3) is 5.82. The highest BCUT2D eigenvalue weighted by atomic mass is 16.5. The second kappa shape index (κ2) is 8.66. The lowest BCUT2D eigenvalue weighted by Crippen LogP contribution is -2.41. The molecule has 0 aliphatic rings. The van der Waals surface area contributed by atoms with Crippen LogP contribution in [0, 0.1) is 0 Å². The lowest BCUT2D eigenvalue weighted by Gasteiger charge is -2.13. The smallest absolute Gasteiger partial charge is 0.326 e. The molecule has 0 spiro atoms. The fourth-order valence-electron chi connectivity index (χ4n) is 1.79. The van der Waals surface area contributed by atoms with E-state index in [1.807, 2.05) is 6.92 Å². The first-order valence-corrected chi connectivity index (χ1v) is 6.99. The van der Waals surface area contributed by atoms with Gasteiger partial charge in [-0.05, 0) is 30.7 Å². The fourth-order valence-corrected chi connectivity index (χ4v) is 1.79. The Kier molecular flexibility index (Phi) is 6.88. The van der Waals surface area contributed by atoms with Gasteiger partial charge in [0.2, 0.25) is 11.8 Å². The second-order valence-corrected chi connectivity index (χ2v) is 4.73. The molecular weight excluding hydrogens is 288 g/mol. The molecule has 1 aromatic rings. The third-order valence-electron chi connectivity index (χ3n) is 2.95. The molecule has 0 fully saturated rings. The average molecular weight is 308 g/mol. The minimum atomic E-state index is -1.04. The summed E-state index contributed by atoms with van der Waals surface area (Å²) in [5.41, 5.74) is 5.49. The van der Waals surface area contributed by atoms with E-state index in [9.17, 15) is 14.4 Å². The largest absolute Gasteiger partial charge is 0.493 e. The highest BCUT2D eigenvalue weighted by Gasteiger charge is 2.18. The standard InChI is InChI=1S/C15H20N2O5/c1-2-3-12(15(20)21)17-13(18)8-9-22-11-6-4-10(5-7-11)14(16)19/h4-7,12H,2-3,8-9H2,1H3,(H2,16,19)(H,17,18)(H,20,21). The van der Waals surface area contributed by atoms with Gasteiger partial charge >= 0.3 is 5.97 Å². The van der Waals surface area contributed by atoms with Gasteiger partial charge in [-0.2, -0.15) is 0 Å². The van der Waals surface area contributed by atoms with Crippen LogP contribution in [-0.4, -0.2) is 35.5 Å². The fraction of sp³-hybridized carbons (Fsp3) is 0.400. The predicted octanol–water partition coefficient (Wildman–Crippen LogP) is 0.924. The number of rotatable bonds is 9. The summed E-state index contributed by atoms with van der Waals surface area (Å²) >= 11 is 0. The molecule has 4 N–H and O–H groups in total.